The van der Waals surface area contributed by atoms with Gasteiger partial charge in [-0.1, -0.05) is 18.2 Å². The van der Waals surface area contributed by atoms with E-state index in [1.165, 1.54) is 14.2 Å². The van der Waals surface area contributed by atoms with Crippen LogP contribution in [0.1, 0.15) is 21.6 Å². The highest BCUT2D eigenvalue weighted by atomic mass is 35.5. The van der Waals surface area contributed by atoms with Gasteiger partial charge in [-0.05, 0) is 29.8 Å². The number of nitrogens with one attached hydrogen (secondary N) is 1. The molecule has 6 nitrogen and oxygen atoms in total. The second-order valence-corrected chi connectivity index (χ2v) is 5.17. The lowest BCUT2D eigenvalue weighted by molar-refractivity contribution is -0.143. The summed E-state index contributed by atoms with van der Waals surface area (Å²) in [6.07, 6.45) is 2.13. The zero-order valence-electron chi connectivity index (χ0n) is 14.5. The fraction of sp³-hybridized carbons (Fsp3) is 0.278. The summed E-state index contributed by atoms with van der Waals surface area (Å²) in [7, 11) is 2.71. The quantitative estimate of drug-likeness (QED) is 0.719. The molecule has 0 aliphatic rings. The number of nitrogens with zero attached hydrogens (tertiary/aromatic N) is 1. The van der Waals surface area contributed by atoms with Crippen molar-refractivity contribution in [3.63, 3.8) is 0 Å². The topological polar surface area (TPSA) is 77.5 Å². The molecule has 0 radical (unpaired) electrons. The van der Waals surface area contributed by atoms with Crippen molar-refractivity contribution >= 4 is 36.8 Å². The summed E-state index contributed by atoms with van der Waals surface area (Å²) in [6, 6.07) is 12.1. The van der Waals surface area contributed by atoms with Crippen LogP contribution in [0.15, 0.2) is 48.7 Å². The second kappa shape index (κ2) is 12.2. The van der Waals surface area contributed by atoms with Crippen molar-refractivity contribution in [1.82, 2.24) is 10.3 Å². The third kappa shape index (κ3) is 7.00. The Morgan fingerprint density at radius 2 is 1.73 bits per heavy atom. The van der Waals surface area contributed by atoms with Crippen molar-refractivity contribution < 1.29 is 19.1 Å². The molecule has 0 amide bonds. The smallest absolute Gasteiger partial charge is 0.337 e. The molecule has 0 saturated heterocycles. The number of carbonyl (C=O) groups excluding carboxylic acids is 2. The first-order valence-corrected chi connectivity index (χ1v) is 7.52. The maximum absolute atomic E-state index is 11.9. The zero-order valence-corrected chi connectivity index (χ0v) is 16.1. The summed E-state index contributed by atoms with van der Waals surface area (Å²) < 4.78 is 9.51. The number of methoxy groups -OCH3 is 2. The Labute approximate surface area is 165 Å². The Balaban J connectivity index is 0.00000312. The van der Waals surface area contributed by atoms with Gasteiger partial charge in [-0.3, -0.25) is 15.1 Å². The lowest BCUT2D eigenvalue weighted by atomic mass is 10.1. The molecule has 1 N–H and O–H groups in total. The van der Waals surface area contributed by atoms with Crippen LogP contribution in [0, 0.1) is 0 Å². The highest BCUT2D eigenvalue weighted by molar-refractivity contribution is 5.89. The predicted octanol–water partition coefficient (Wildman–Crippen LogP) is 2.59. The lowest BCUT2D eigenvalue weighted by Crippen LogP contribution is -2.39. The van der Waals surface area contributed by atoms with Gasteiger partial charge >= 0.3 is 11.9 Å². The second-order valence-electron chi connectivity index (χ2n) is 5.17. The fourth-order valence-corrected chi connectivity index (χ4v) is 2.23. The van der Waals surface area contributed by atoms with E-state index in [9.17, 15) is 9.59 Å². The Morgan fingerprint density at radius 1 is 1.04 bits per heavy atom. The van der Waals surface area contributed by atoms with E-state index in [2.05, 4.69) is 15.0 Å². The molecule has 0 aliphatic carbocycles. The van der Waals surface area contributed by atoms with Crippen LogP contribution in [0.5, 0.6) is 0 Å². The number of hydrogen-bond acceptors (Lipinski definition) is 6. The Hall–Kier alpha value is -2.15. The summed E-state index contributed by atoms with van der Waals surface area (Å²) in [5.74, 6) is -0.719. The number of benzene rings is 1. The van der Waals surface area contributed by atoms with Crippen LogP contribution < -0.4 is 5.32 Å². The Bertz CT molecular complexity index is 681. The normalized spacial score (nSPS) is 10.7. The third-order valence-electron chi connectivity index (χ3n) is 3.55. The van der Waals surface area contributed by atoms with Crippen molar-refractivity contribution in [2.24, 2.45) is 0 Å². The highest BCUT2D eigenvalue weighted by Crippen LogP contribution is 2.07. The van der Waals surface area contributed by atoms with Gasteiger partial charge in [-0.15, -0.1) is 24.8 Å². The molecule has 1 heterocycles. The van der Waals surface area contributed by atoms with Gasteiger partial charge in [0.25, 0.3) is 0 Å². The average Bonchev–Trinajstić information content (AvgIpc) is 2.65. The minimum absolute atomic E-state index is 0. The minimum Gasteiger partial charge on any atom is -0.468 e. The van der Waals surface area contributed by atoms with E-state index in [0.717, 1.165) is 11.3 Å². The van der Waals surface area contributed by atoms with E-state index in [-0.39, 0.29) is 36.8 Å². The fourth-order valence-electron chi connectivity index (χ4n) is 2.23. The molecule has 0 spiro atoms. The molecule has 0 unspecified atom stereocenters. The first kappa shape index (κ1) is 23.9. The third-order valence-corrected chi connectivity index (χ3v) is 3.55. The van der Waals surface area contributed by atoms with Crippen molar-refractivity contribution in [3.05, 3.63) is 65.5 Å². The van der Waals surface area contributed by atoms with Gasteiger partial charge in [0, 0.05) is 24.9 Å². The molecule has 1 atom stereocenters. The van der Waals surface area contributed by atoms with Crippen LogP contribution in [-0.4, -0.2) is 37.2 Å². The van der Waals surface area contributed by atoms with Gasteiger partial charge in [-0.25, -0.2) is 4.79 Å². The highest BCUT2D eigenvalue weighted by Gasteiger charge is 2.19. The van der Waals surface area contributed by atoms with Crippen molar-refractivity contribution in [1.29, 1.82) is 0 Å². The van der Waals surface area contributed by atoms with Gasteiger partial charge in [-0.2, -0.15) is 0 Å². The molecule has 1 aromatic heterocycles. The van der Waals surface area contributed by atoms with Crippen LogP contribution in [0.4, 0.5) is 0 Å². The standard InChI is InChI=1S/C18H20N2O4.2ClH/c1-23-17(21)14-8-6-13(7-9-14)12-20-16(18(22)24-2)11-15-5-3-4-10-19-15;;/h3-10,16,20H,11-12H2,1-2H3;2*1H/t16-;;/m1../s1. The molecular formula is C18H22Cl2N2O4. The molecule has 8 heteroatoms. The van der Waals surface area contributed by atoms with Crippen molar-refractivity contribution in [2.75, 3.05) is 14.2 Å². The molecule has 2 rings (SSSR count). The number of hydrogen-bond donors (Lipinski definition) is 1. The van der Waals surface area contributed by atoms with E-state index in [4.69, 9.17) is 4.74 Å². The van der Waals surface area contributed by atoms with E-state index in [0.29, 0.717) is 18.5 Å². The molecule has 1 aromatic carbocycles. The van der Waals surface area contributed by atoms with Crippen LogP contribution in [-0.2, 0) is 27.2 Å². The number of aromatic nitrogens is 1. The number of esters is 2. The van der Waals surface area contributed by atoms with Gasteiger partial charge < -0.3 is 9.47 Å². The first-order chi connectivity index (χ1) is 11.6. The molecular weight excluding hydrogens is 379 g/mol. The van der Waals surface area contributed by atoms with Crippen LogP contribution in [0.25, 0.3) is 0 Å². The summed E-state index contributed by atoms with van der Waals surface area (Å²) in [5, 5.41) is 3.17. The number of ether oxygens (including phenoxy) is 2. The summed E-state index contributed by atoms with van der Waals surface area (Å²) >= 11 is 0. The molecule has 0 bridgehead atoms. The first-order valence-electron chi connectivity index (χ1n) is 7.52. The lowest BCUT2D eigenvalue weighted by Gasteiger charge is -2.16. The van der Waals surface area contributed by atoms with Gasteiger partial charge in [0.1, 0.15) is 6.04 Å². The molecule has 142 valence electrons. The largest absolute Gasteiger partial charge is 0.468 e. The monoisotopic (exact) mass is 400 g/mol. The summed E-state index contributed by atoms with van der Waals surface area (Å²) in [6.45, 7) is 0.466. The predicted molar refractivity (Wildman–Crippen MR) is 103 cm³/mol. The van der Waals surface area contributed by atoms with Crippen molar-refractivity contribution in [2.45, 2.75) is 19.0 Å². The maximum atomic E-state index is 11.9. The minimum atomic E-state index is -0.495. The molecule has 26 heavy (non-hydrogen) atoms. The van der Waals surface area contributed by atoms with Crippen molar-refractivity contribution in [3.8, 4) is 0 Å². The van der Waals surface area contributed by atoms with E-state index in [1.54, 1.807) is 18.3 Å². The zero-order chi connectivity index (χ0) is 17.4. The van der Waals surface area contributed by atoms with E-state index in [1.807, 2.05) is 30.3 Å². The Kier molecular flexibility index (Phi) is 11.2. The molecule has 2 aromatic rings. The molecule has 0 aliphatic heterocycles. The van der Waals surface area contributed by atoms with Gasteiger partial charge in [0.05, 0.1) is 19.8 Å². The average molecular weight is 401 g/mol. The SMILES string of the molecule is COC(=O)c1ccc(CN[C@H](Cc2ccccn2)C(=O)OC)cc1.Cl.Cl. The van der Waals surface area contributed by atoms with Crippen LogP contribution in [0.3, 0.4) is 0 Å². The van der Waals surface area contributed by atoms with E-state index >= 15 is 0 Å². The number of halogens is 2. The van der Waals surface area contributed by atoms with Crippen LogP contribution >= 0.6 is 24.8 Å². The van der Waals surface area contributed by atoms with Gasteiger partial charge in [0.2, 0.25) is 0 Å². The van der Waals surface area contributed by atoms with E-state index < -0.39 is 6.04 Å². The number of rotatable bonds is 7. The Morgan fingerprint density at radius 3 is 2.27 bits per heavy atom. The maximum Gasteiger partial charge on any atom is 0.337 e. The summed E-state index contributed by atoms with van der Waals surface area (Å²) in [5.41, 5.74) is 2.23. The summed E-state index contributed by atoms with van der Waals surface area (Å²) in [4.78, 5) is 27.6. The molecule has 0 fully saturated rings. The number of pyridine rings is 1. The number of carbonyl (C=O) groups is 2. The van der Waals surface area contributed by atoms with Crippen LogP contribution in [0.2, 0.25) is 0 Å². The van der Waals surface area contributed by atoms with Gasteiger partial charge in [0.15, 0.2) is 0 Å². The molecule has 0 saturated carbocycles.